The highest BCUT2D eigenvalue weighted by atomic mass is 16.2. The third kappa shape index (κ3) is 4.01. The van der Waals surface area contributed by atoms with Crippen LogP contribution >= 0.6 is 0 Å². The normalized spacial score (nSPS) is 17.4. The molecular formula is C23H28N6O. The van der Waals surface area contributed by atoms with Crippen molar-refractivity contribution in [3.05, 3.63) is 53.6 Å². The summed E-state index contributed by atoms with van der Waals surface area (Å²) >= 11 is 0. The van der Waals surface area contributed by atoms with E-state index in [0.29, 0.717) is 24.3 Å². The quantitative estimate of drug-likeness (QED) is 0.680. The summed E-state index contributed by atoms with van der Waals surface area (Å²) in [6.45, 7) is 4.39. The highest BCUT2D eigenvalue weighted by molar-refractivity contribution is 5.76. The first-order valence-corrected chi connectivity index (χ1v) is 10.9. The lowest BCUT2D eigenvalue weighted by Crippen LogP contribution is -2.38. The van der Waals surface area contributed by atoms with E-state index < -0.39 is 0 Å². The molecule has 3 aromatic rings. The summed E-state index contributed by atoms with van der Waals surface area (Å²) in [6, 6.07) is 6.13. The van der Waals surface area contributed by atoms with Crippen molar-refractivity contribution in [1.29, 1.82) is 0 Å². The standard InChI is InChI=1S/C23H28N6O/c1-16-13-26-29-21(25-15-18-3-2-8-24-14-18)12-20(27-23(16)29)19-6-9-28(10-7-19)22(30)11-17-4-5-17/h2-3,8,12-14,17,19,25H,4-7,9-11,15H2,1H3. The maximum absolute atomic E-state index is 12.4. The van der Waals surface area contributed by atoms with Crippen LogP contribution in [0.15, 0.2) is 36.8 Å². The van der Waals surface area contributed by atoms with Gasteiger partial charge >= 0.3 is 0 Å². The minimum absolute atomic E-state index is 0.338. The van der Waals surface area contributed by atoms with E-state index in [2.05, 4.69) is 32.4 Å². The lowest BCUT2D eigenvalue weighted by Gasteiger charge is -2.32. The van der Waals surface area contributed by atoms with Crippen LogP contribution in [0.3, 0.4) is 0 Å². The average Bonchev–Trinajstić information content (AvgIpc) is 3.53. The first-order chi connectivity index (χ1) is 14.7. The van der Waals surface area contributed by atoms with Gasteiger partial charge in [-0.3, -0.25) is 9.78 Å². The zero-order valence-corrected chi connectivity index (χ0v) is 17.4. The predicted molar refractivity (Wildman–Crippen MR) is 115 cm³/mol. The molecule has 0 aromatic carbocycles. The number of carbonyl (C=O) groups excluding carboxylic acids is 1. The van der Waals surface area contributed by atoms with E-state index in [0.717, 1.165) is 60.6 Å². The fourth-order valence-electron chi connectivity index (χ4n) is 4.24. The Morgan fingerprint density at radius 1 is 1.20 bits per heavy atom. The van der Waals surface area contributed by atoms with Crippen LogP contribution in [0, 0.1) is 12.8 Å². The van der Waals surface area contributed by atoms with Gasteiger partial charge in [-0.25, -0.2) is 4.98 Å². The Balaban J connectivity index is 1.33. The summed E-state index contributed by atoms with van der Waals surface area (Å²) < 4.78 is 1.88. The molecule has 0 bridgehead atoms. The molecule has 7 heteroatoms. The van der Waals surface area contributed by atoms with E-state index in [1.165, 1.54) is 12.8 Å². The molecular weight excluding hydrogens is 376 g/mol. The van der Waals surface area contributed by atoms with E-state index in [1.807, 2.05) is 29.9 Å². The Morgan fingerprint density at radius 2 is 2.03 bits per heavy atom. The summed E-state index contributed by atoms with van der Waals surface area (Å²) in [6.07, 6.45) is 10.6. The maximum atomic E-state index is 12.4. The van der Waals surface area contributed by atoms with Crippen LogP contribution in [0.25, 0.3) is 5.65 Å². The number of pyridine rings is 1. The molecule has 156 valence electrons. The molecule has 30 heavy (non-hydrogen) atoms. The zero-order chi connectivity index (χ0) is 20.5. The molecule has 7 nitrogen and oxygen atoms in total. The van der Waals surface area contributed by atoms with Gasteiger partial charge in [-0.15, -0.1) is 0 Å². The fourth-order valence-corrected chi connectivity index (χ4v) is 4.24. The Kier molecular flexibility index (Phi) is 5.11. The minimum atomic E-state index is 0.338. The molecule has 1 aliphatic carbocycles. The van der Waals surface area contributed by atoms with Gasteiger partial charge in [0.2, 0.25) is 5.91 Å². The average molecular weight is 405 g/mol. The van der Waals surface area contributed by atoms with Gasteiger partial charge in [0, 0.05) is 61.7 Å². The van der Waals surface area contributed by atoms with Crippen LogP contribution in [0.5, 0.6) is 0 Å². The summed E-state index contributed by atoms with van der Waals surface area (Å²) in [4.78, 5) is 23.6. The molecule has 4 heterocycles. The van der Waals surface area contributed by atoms with Crippen molar-refractivity contribution in [2.24, 2.45) is 5.92 Å². The second-order valence-corrected chi connectivity index (χ2v) is 8.65. The number of carbonyl (C=O) groups is 1. The number of amides is 1. The van der Waals surface area contributed by atoms with E-state index >= 15 is 0 Å². The van der Waals surface area contributed by atoms with E-state index in [4.69, 9.17) is 4.98 Å². The number of hydrogen-bond donors (Lipinski definition) is 1. The number of hydrogen-bond acceptors (Lipinski definition) is 5. The van der Waals surface area contributed by atoms with Gasteiger partial charge < -0.3 is 10.2 Å². The van der Waals surface area contributed by atoms with Crippen LogP contribution in [0.1, 0.15) is 54.8 Å². The van der Waals surface area contributed by atoms with Crippen molar-refractivity contribution < 1.29 is 4.79 Å². The SMILES string of the molecule is Cc1cnn2c(NCc3cccnc3)cc(C3CCN(C(=O)CC4CC4)CC3)nc12. The van der Waals surface area contributed by atoms with Crippen molar-refractivity contribution >= 4 is 17.4 Å². The molecule has 5 rings (SSSR count). The second kappa shape index (κ2) is 8.05. The molecule has 2 aliphatic rings. The van der Waals surface area contributed by atoms with E-state index in [1.54, 1.807) is 6.20 Å². The Morgan fingerprint density at radius 3 is 2.77 bits per heavy atom. The largest absolute Gasteiger partial charge is 0.366 e. The summed E-state index contributed by atoms with van der Waals surface area (Å²) in [7, 11) is 0. The number of likely N-dealkylation sites (tertiary alicyclic amines) is 1. The Bertz CT molecular complexity index is 1030. The highest BCUT2D eigenvalue weighted by Gasteiger charge is 2.30. The Labute approximate surface area is 176 Å². The molecule has 0 radical (unpaired) electrons. The predicted octanol–water partition coefficient (Wildman–Crippen LogP) is 3.55. The van der Waals surface area contributed by atoms with Crippen LogP contribution < -0.4 is 5.32 Å². The topological polar surface area (TPSA) is 75.4 Å². The van der Waals surface area contributed by atoms with E-state index in [9.17, 15) is 4.79 Å². The third-order valence-corrected chi connectivity index (χ3v) is 6.29. The molecule has 1 N–H and O–H groups in total. The number of nitrogens with zero attached hydrogens (tertiary/aromatic N) is 5. The van der Waals surface area contributed by atoms with Crippen molar-refractivity contribution in [3.63, 3.8) is 0 Å². The maximum Gasteiger partial charge on any atom is 0.222 e. The van der Waals surface area contributed by atoms with Crippen molar-refractivity contribution in [1.82, 2.24) is 24.5 Å². The third-order valence-electron chi connectivity index (χ3n) is 6.29. The number of nitrogens with one attached hydrogen (secondary N) is 1. The molecule has 1 saturated heterocycles. The lowest BCUT2D eigenvalue weighted by molar-refractivity contribution is -0.132. The van der Waals surface area contributed by atoms with Crippen molar-refractivity contribution in [2.75, 3.05) is 18.4 Å². The molecule has 1 aliphatic heterocycles. The summed E-state index contributed by atoms with van der Waals surface area (Å²) in [5, 5.41) is 8.02. The first kappa shape index (κ1) is 19.0. The van der Waals surface area contributed by atoms with Crippen LogP contribution in [-0.2, 0) is 11.3 Å². The van der Waals surface area contributed by atoms with Gasteiger partial charge in [-0.1, -0.05) is 6.07 Å². The van der Waals surface area contributed by atoms with Gasteiger partial charge in [-0.05, 0) is 50.2 Å². The van der Waals surface area contributed by atoms with Gasteiger partial charge in [0.25, 0.3) is 0 Å². The number of fused-ring (bicyclic) bond motifs is 1. The number of aryl methyl sites for hydroxylation is 1. The van der Waals surface area contributed by atoms with Crippen LogP contribution in [-0.4, -0.2) is 43.5 Å². The molecule has 1 amide bonds. The molecule has 0 spiro atoms. The number of piperidine rings is 1. The first-order valence-electron chi connectivity index (χ1n) is 10.9. The summed E-state index contributed by atoms with van der Waals surface area (Å²) in [5.74, 6) is 2.30. The summed E-state index contributed by atoms with van der Waals surface area (Å²) in [5.41, 5.74) is 4.18. The Hall–Kier alpha value is -2.96. The molecule has 3 aromatic heterocycles. The monoisotopic (exact) mass is 404 g/mol. The molecule has 0 unspecified atom stereocenters. The van der Waals surface area contributed by atoms with Gasteiger partial charge in [0.1, 0.15) is 5.82 Å². The fraction of sp³-hybridized carbons (Fsp3) is 0.478. The lowest BCUT2D eigenvalue weighted by atomic mass is 9.93. The van der Waals surface area contributed by atoms with Gasteiger partial charge in [0.05, 0.1) is 6.20 Å². The molecule has 1 saturated carbocycles. The van der Waals surface area contributed by atoms with Crippen LogP contribution in [0.2, 0.25) is 0 Å². The van der Waals surface area contributed by atoms with E-state index in [-0.39, 0.29) is 0 Å². The highest BCUT2D eigenvalue weighted by Crippen LogP contribution is 2.34. The van der Waals surface area contributed by atoms with Crippen molar-refractivity contribution in [3.8, 4) is 0 Å². The second-order valence-electron chi connectivity index (χ2n) is 8.65. The smallest absolute Gasteiger partial charge is 0.222 e. The van der Waals surface area contributed by atoms with Crippen molar-refractivity contribution in [2.45, 2.75) is 51.5 Å². The van der Waals surface area contributed by atoms with Gasteiger partial charge in [0.15, 0.2) is 5.65 Å². The number of rotatable bonds is 6. The van der Waals surface area contributed by atoms with Crippen LogP contribution in [0.4, 0.5) is 5.82 Å². The zero-order valence-electron chi connectivity index (χ0n) is 17.4. The molecule has 2 fully saturated rings. The minimum Gasteiger partial charge on any atom is -0.366 e. The number of aromatic nitrogens is 4. The van der Waals surface area contributed by atoms with Gasteiger partial charge in [-0.2, -0.15) is 9.61 Å². The number of anilines is 1. The molecule has 0 atom stereocenters.